The van der Waals surface area contributed by atoms with Crippen molar-refractivity contribution < 1.29 is 11.0 Å². The maximum Gasteiger partial charge on any atom is 0.0710 e. The quantitative estimate of drug-likeness (QED) is 0.477. The zero-order chi connectivity index (χ0) is 5.82. The molecule has 0 aromatic carbocycles. The summed E-state index contributed by atoms with van der Waals surface area (Å²) in [5.41, 5.74) is 2.21. The van der Waals surface area contributed by atoms with Crippen molar-refractivity contribution in [3.05, 3.63) is 0 Å². The molecule has 0 amide bonds. The molecule has 1 atom stereocenters. The summed E-state index contributed by atoms with van der Waals surface area (Å²) in [5, 5.41) is 0. The summed E-state index contributed by atoms with van der Waals surface area (Å²) in [6, 6.07) is 0. The van der Waals surface area contributed by atoms with E-state index in [2.05, 4.69) is 15.3 Å². The van der Waals surface area contributed by atoms with E-state index < -0.39 is 6.58 Å². The Bertz CT molecular complexity index is 63.1. The fourth-order valence-corrected chi connectivity index (χ4v) is 0.407. The maximum atomic E-state index is 7.05. The Morgan fingerprint density at radius 2 is 2.43 bits per heavy atom. The lowest BCUT2D eigenvalue weighted by Crippen LogP contribution is -2.11. The topological polar surface area (TPSA) is 30.5 Å². The normalized spacial score (nSPS) is 36.6. The van der Waals surface area contributed by atoms with E-state index in [1.165, 1.54) is 0 Å². The lowest BCUT2D eigenvalue weighted by atomic mass is 10.3. The van der Waals surface area contributed by atoms with Crippen molar-refractivity contribution in [3.63, 3.8) is 0 Å². The zero-order valence-electron chi connectivity index (χ0n) is 5.02. The highest BCUT2D eigenvalue weighted by Gasteiger charge is 1.94. The van der Waals surface area contributed by atoms with E-state index in [0.29, 0.717) is 6.61 Å². The van der Waals surface area contributed by atoms with E-state index in [0.717, 1.165) is 12.8 Å². The van der Waals surface area contributed by atoms with Gasteiger partial charge in [0.05, 0.1) is 14.6 Å². The molecule has 0 saturated carbocycles. The second kappa shape index (κ2) is 2.96. The Kier molecular flexibility index (Phi) is 1.62. The van der Waals surface area contributed by atoms with Gasteiger partial charge in [-0.25, -0.2) is 0 Å². The molecule has 1 aliphatic heterocycles. The summed E-state index contributed by atoms with van der Waals surface area (Å²) < 4.78 is 7.05. The molecule has 0 radical (unpaired) electrons. The van der Waals surface area contributed by atoms with Gasteiger partial charge in [0.25, 0.3) is 0 Å². The summed E-state index contributed by atoms with van der Waals surface area (Å²) in [4.78, 5) is 9.27. The van der Waals surface area contributed by atoms with Crippen LogP contribution in [0.4, 0.5) is 0 Å². The van der Waals surface area contributed by atoms with Crippen LogP contribution in [0.25, 0.3) is 0 Å². The first-order valence-corrected chi connectivity index (χ1v) is 2.34. The first-order valence-electron chi connectivity index (χ1n) is 2.92. The van der Waals surface area contributed by atoms with E-state index in [1.807, 2.05) is 0 Å². The molecule has 1 unspecified atom stereocenters. The minimum absolute atomic E-state index is 0.461. The monoisotopic (exact) mass is 104 g/mol. The highest BCUT2D eigenvalue weighted by molar-refractivity contribution is 4.36. The van der Waals surface area contributed by atoms with Crippen molar-refractivity contribution >= 4 is 0 Å². The fourth-order valence-electron chi connectivity index (χ4n) is 0.407. The van der Waals surface area contributed by atoms with Crippen LogP contribution in [0.15, 0.2) is 0 Å². The minimum Gasteiger partial charge on any atom is -0.277 e. The van der Waals surface area contributed by atoms with Gasteiger partial charge in [-0.15, -0.1) is 0 Å². The Hall–Kier alpha value is -0.120. The van der Waals surface area contributed by atoms with Gasteiger partial charge >= 0.3 is 0 Å². The molecule has 0 aliphatic carbocycles. The van der Waals surface area contributed by atoms with Crippen LogP contribution in [-0.2, 0) is 9.68 Å². The predicted octanol–water partition coefficient (Wildman–Crippen LogP) is 0.233. The maximum absolute atomic E-state index is 7.05. The molecule has 1 aliphatic rings. The highest BCUT2D eigenvalue weighted by atomic mass is 16.9. The molecular weight excluding hydrogens is 94.0 g/mol. The number of nitrogens with one attached hydrogen (secondary N) is 1. The molecule has 3 nitrogen and oxygen atoms in total. The van der Waals surface area contributed by atoms with Crippen LogP contribution in [0.5, 0.6) is 0 Å². The second-order valence-electron chi connectivity index (χ2n) is 1.36. The number of rotatable bonds is 0. The van der Waals surface area contributed by atoms with Crippen LogP contribution in [0, 0.1) is 0 Å². The van der Waals surface area contributed by atoms with Gasteiger partial charge in [-0.1, -0.05) is 5.64 Å². The van der Waals surface area contributed by atoms with Gasteiger partial charge in [0.1, 0.15) is 0 Å². The molecule has 0 aromatic rings. The fraction of sp³-hybridized carbons (Fsp3) is 1.00. The van der Waals surface area contributed by atoms with Gasteiger partial charge in [0.15, 0.2) is 0 Å². The van der Waals surface area contributed by atoms with Crippen LogP contribution in [0.1, 0.15) is 14.2 Å². The van der Waals surface area contributed by atoms with Crippen LogP contribution < -0.4 is 5.64 Å². The van der Waals surface area contributed by atoms with Crippen molar-refractivity contribution in [1.29, 1.82) is 0 Å². The van der Waals surface area contributed by atoms with E-state index in [4.69, 9.17) is 1.37 Å². The smallest absolute Gasteiger partial charge is 0.0710 e. The molecule has 1 heterocycles. The third-order valence-corrected chi connectivity index (χ3v) is 0.759. The van der Waals surface area contributed by atoms with Crippen LogP contribution in [0.3, 0.4) is 0 Å². The van der Waals surface area contributed by atoms with Crippen LogP contribution >= 0.6 is 0 Å². The van der Waals surface area contributed by atoms with E-state index in [-0.39, 0.29) is 0 Å². The molecule has 1 fully saturated rings. The average molecular weight is 104 g/mol. The lowest BCUT2D eigenvalue weighted by Gasteiger charge is -1.95. The third-order valence-electron chi connectivity index (χ3n) is 0.759. The van der Waals surface area contributed by atoms with Crippen LogP contribution in [0.2, 0.25) is 0 Å². The van der Waals surface area contributed by atoms with Crippen molar-refractivity contribution in [2.45, 2.75) is 12.8 Å². The molecular formula is C4H9NO2. The van der Waals surface area contributed by atoms with Gasteiger partial charge in [-0.2, -0.15) is 0 Å². The van der Waals surface area contributed by atoms with Gasteiger partial charge in [0.2, 0.25) is 0 Å². The summed E-state index contributed by atoms with van der Waals surface area (Å²) in [6.45, 7) is 0.174. The third kappa shape index (κ3) is 1.87. The average Bonchev–Trinajstić information content (AvgIpc) is 1.94. The number of hydrogen-bond acceptors (Lipinski definition) is 3. The Labute approximate surface area is 43.9 Å². The second-order valence-corrected chi connectivity index (χ2v) is 1.36. The van der Waals surface area contributed by atoms with Crippen molar-refractivity contribution in [2.24, 2.45) is 0 Å². The van der Waals surface area contributed by atoms with Crippen molar-refractivity contribution in [2.75, 3.05) is 13.2 Å². The summed E-state index contributed by atoms with van der Waals surface area (Å²) in [5.74, 6) is 0. The van der Waals surface area contributed by atoms with Gasteiger partial charge in [-0.05, 0) is 12.8 Å². The predicted molar refractivity (Wildman–Crippen MR) is 24.3 cm³/mol. The molecule has 42 valence electrons. The Morgan fingerprint density at radius 3 is 3.43 bits per heavy atom. The summed E-state index contributed by atoms with van der Waals surface area (Å²) in [6.07, 6.45) is 1.63. The molecule has 1 saturated heterocycles. The first-order chi connectivity index (χ1) is 3.89. The molecule has 0 aromatic heterocycles. The molecule has 1 rings (SSSR count). The number of hydrogen-bond donors (Lipinski definition) is 1. The zero-order valence-corrected chi connectivity index (χ0v) is 4.02. The largest absolute Gasteiger partial charge is 0.277 e. The van der Waals surface area contributed by atoms with Gasteiger partial charge in [0, 0.05) is 0 Å². The van der Waals surface area contributed by atoms with E-state index in [1.54, 1.807) is 0 Å². The Balaban J connectivity index is 2.17. The molecule has 1 N–H and O–H groups in total. The van der Waals surface area contributed by atoms with Gasteiger partial charge in [-0.3, -0.25) is 9.68 Å². The summed E-state index contributed by atoms with van der Waals surface area (Å²) >= 11 is 0. The molecule has 3 heteroatoms. The standard InChI is InChI=1S/C4H9NO2/c1-2-4-7-5-6-3-1/h5H,1-4H2/i3D. The lowest BCUT2D eigenvalue weighted by molar-refractivity contribution is -0.153. The van der Waals surface area contributed by atoms with Crippen LogP contribution in [-0.4, -0.2) is 13.2 Å². The molecule has 0 bridgehead atoms. The van der Waals surface area contributed by atoms with Crippen molar-refractivity contribution in [1.82, 2.24) is 5.64 Å². The van der Waals surface area contributed by atoms with Gasteiger partial charge < -0.3 is 0 Å². The summed E-state index contributed by atoms with van der Waals surface area (Å²) in [7, 11) is 0. The highest BCUT2D eigenvalue weighted by Crippen LogP contribution is 1.92. The molecule has 7 heavy (non-hydrogen) atoms. The van der Waals surface area contributed by atoms with E-state index >= 15 is 0 Å². The minimum atomic E-state index is -0.461. The molecule has 0 spiro atoms. The van der Waals surface area contributed by atoms with Crippen molar-refractivity contribution in [3.8, 4) is 0 Å². The van der Waals surface area contributed by atoms with E-state index in [9.17, 15) is 0 Å². The first kappa shape index (κ1) is 3.83. The SMILES string of the molecule is [2H]C1CCCONO1. The Morgan fingerprint density at radius 1 is 1.43 bits per heavy atom.